The summed E-state index contributed by atoms with van der Waals surface area (Å²) in [6.45, 7) is 2.53. The van der Waals surface area contributed by atoms with E-state index in [4.69, 9.17) is 12.2 Å². The van der Waals surface area contributed by atoms with Crippen molar-refractivity contribution in [2.45, 2.75) is 6.92 Å². The Kier molecular flexibility index (Phi) is 3.12. The van der Waals surface area contributed by atoms with E-state index in [1.165, 1.54) is 11.8 Å². The van der Waals surface area contributed by atoms with Gasteiger partial charge < -0.3 is 4.98 Å². The topological polar surface area (TPSA) is 49.0 Å². The molecule has 1 fully saturated rings. The number of carbonyl (C=O) groups is 1. The van der Waals surface area contributed by atoms with E-state index in [1.54, 1.807) is 17.3 Å². The minimum absolute atomic E-state index is 0.0178. The van der Waals surface area contributed by atoms with Crippen molar-refractivity contribution < 1.29 is 4.79 Å². The number of likely N-dealkylation sites (N-methyl/N-ethyl adjacent to an activating group) is 1. The van der Waals surface area contributed by atoms with Crippen LogP contribution in [-0.4, -0.2) is 31.6 Å². The number of aromatic amines is 1. The molecule has 96 valence electrons. The SMILES string of the molecule is CCN1C(=O)/C(=C/c2c[nH]c3ccncc23)SC1=S. The first-order valence-electron chi connectivity index (χ1n) is 5.87. The van der Waals surface area contributed by atoms with Gasteiger partial charge in [0.1, 0.15) is 4.32 Å². The third-order valence-corrected chi connectivity index (χ3v) is 4.37. The molecule has 1 saturated heterocycles. The number of fused-ring (bicyclic) bond motifs is 1. The Morgan fingerprint density at radius 2 is 2.42 bits per heavy atom. The molecule has 0 aromatic carbocycles. The Balaban J connectivity index is 2.03. The third-order valence-electron chi connectivity index (χ3n) is 2.99. The summed E-state index contributed by atoms with van der Waals surface area (Å²) in [5, 5.41) is 1.00. The maximum absolute atomic E-state index is 12.1. The molecule has 0 radical (unpaired) electrons. The van der Waals surface area contributed by atoms with E-state index in [-0.39, 0.29) is 5.91 Å². The van der Waals surface area contributed by atoms with Crippen LogP contribution in [0.2, 0.25) is 0 Å². The first-order chi connectivity index (χ1) is 9.20. The largest absolute Gasteiger partial charge is 0.360 e. The molecule has 19 heavy (non-hydrogen) atoms. The predicted molar refractivity (Wildman–Crippen MR) is 81.6 cm³/mol. The van der Waals surface area contributed by atoms with Crippen LogP contribution in [-0.2, 0) is 4.79 Å². The molecule has 4 nitrogen and oxygen atoms in total. The highest BCUT2D eigenvalue weighted by Crippen LogP contribution is 2.33. The number of hydrogen-bond acceptors (Lipinski definition) is 4. The molecule has 0 atom stereocenters. The average Bonchev–Trinajstić information content (AvgIpc) is 2.93. The van der Waals surface area contributed by atoms with E-state index in [9.17, 15) is 4.79 Å². The number of H-pyrrole nitrogens is 1. The van der Waals surface area contributed by atoms with Gasteiger partial charge in [-0.15, -0.1) is 0 Å². The van der Waals surface area contributed by atoms with Crippen LogP contribution < -0.4 is 0 Å². The highest BCUT2D eigenvalue weighted by molar-refractivity contribution is 8.26. The molecule has 1 aliphatic heterocycles. The summed E-state index contributed by atoms with van der Waals surface area (Å²) in [6, 6.07) is 1.91. The van der Waals surface area contributed by atoms with Gasteiger partial charge in [0.2, 0.25) is 0 Å². The highest BCUT2D eigenvalue weighted by atomic mass is 32.2. The molecular weight excluding hydrogens is 278 g/mol. The fraction of sp³-hybridized carbons (Fsp3) is 0.154. The zero-order valence-corrected chi connectivity index (χ0v) is 11.8. The second kappa shape index (κ2) is 4.79. The zero-order chi connectivity index (χ0) is 13.4. The van der Waals surface area contributed by atoms with Crippen molar-refractivity contribution in [1.29, 1.82) is 0 Å². The van der Waals surface area contributed by atoms with Crippen LogP contribution in [0.3, 0.4) is 0 Å². The number of nitrogens with zero attached hydrogens (tertiary/aromatic N) is 2. The van der Waals surface area contributed by atoms with Crippen molar-refractivity contribution in [2.24, 2.45) is 0 Å². The Labute approximate surface area is 119 Å². The molecule has 0 bridgehead atoms. The third kappa shape index (κ3) is 2.06. The molecule has 3 rings (SSSR count). The molecule has 0 aliphatic carbocycles. The first-order valence-corrected chi connectivity index (χ1v) is 7.09. The minimum Gasteiger partial charge on any atom is -0.360 e. The van der Waals surface area contributed by atoms with E-state index in [0.717, 1.165) is 16.5 Å². The van der Waals surface area contributed by atoms with Crippen molar-refractivity contribution in [1.82, 2.24) is 14.9 Å². The average molecular weight is 289 g/mol. The van der Waals surface area contributed by atoms with Crippen molar-refractivity contribution in [2.75, 3.05) is 6.54 Å². The maximum Gasteiger partial charge on any atom is 0.266 e. The smallest absolute Gasteiger partial charge is 0.266 e. The molecule has 3 heterocycles. The van der Waals surface area contributed by atoms with Gasteiger partial charge >= 0.3 is 0 Å². The number of carbonyl (C=O) groups excluding carboxylic acids is 1. The Morgan fingerprint density at radius 1 is 1.58 bits per heavy atom. The lowest BCUT2D eigenvalue weighted by Crippen LogP contribution is -2.27. The number of pyridine rings is 1. The van der Waals surface area contributed by atoms with Crippen LogP contribution in [0.1, 0.15) is 12.5 Å². The summed E-state index contributed by atoms with van der Waals surface area (Å²) in [4.78, 5) is 21.7. The number of thiocarbonyl (C=S) groups is 1. The number of aromatic nitrogens is 2. The number of hydrogen-bond donors (Lipinski definition) is 1. The van der Waals surface area contributed by atoms with Crippen LogP contribution in [0, 0.1) is 0 Å². The fourth-order valence-electron chi connectivity index (χ4n) is 2.02. The number of thioether (sulfide) groups is 1. The lowest BCUT2D eigenvalue weighted by atomic mass is 10.2. The van der Waals surface area contributed by atoms with Crippen molar-refractivity contribution in [3.8, 4) is 0 Å². The molecule has 0 saturated carbocycles. The van der Waals surface area contributed by atoms with Crippen LogP contribution in [0.15, 0.2) is 29.6 Å². The molecule has 2 aromatic heterocycles. The van der Waals surface area contributed by atoms with Gasteiger partial charge in [0.25, 0.3) is 5.91 Å². The summed E-state index contributed by atoms with van der Waals surface area (Å²) in [5.41, 5.74) is 1.96. The molecule has 1 aliphatic rings. The molecule has 0 spiro atoms. The highest BCUT2D eigenvalue weighted by Gasteiger charge is 2.30. The monoisotopic (exact) mass is 289 g/mol. The van der Waals surface area contributed by atoms with Crippen LogP contribution in [0.5, 0.6) is 0 Å². The summed E-state index contributed by atoms with van der Waals surface area (Å²) >= 11 is 6.54. The second-order valence-corrected chi connectivity index (χ2v) is 5.77. The van der Waals surface area contributed by atoms with E-state index < -0.39 is 0 Å². The van der Waals surface area contributed by atoms with Crippen LogP contribution >= 0.6 is 24.0 Å². The zero-order valence-electron chi connectivity index (χ0n) is 10.2. The van der Waals surface area contributed by atoms with Gasteiger partial charge in [-0.25, -0.2) is 0 Å². The Morgan fingerprint density at radius 3 is 3.16 bits per heavy atom. The Bertz CT molecular complexity index is 705. The molecule has 1 N–H and O–H groups in total. The fourth-order valence-corrected chi connectivity index (χ4v) is 3.39. The number of amides is 1. The van der Waals surface area contributed by atoms with Crippen molar-refractivity contribution >= 4 is 51.2 Å². The maximum atomic E-state index is 12.1. The van der Waals surface area contributed by atoms with Gasteiger partial charge in [0, 0.05) is 41.6 Å². The van der Waals surface area contributed by atoms with E-state index >= 15 is 0 Å². The van der Waals surface area contributed by atoms with Gasteiger partial charge in [-0.3, -0.25) is 14.7 Å². The number of rotatable bonds is 2. The van der Waals surface area contributed by atoms with E-state index in [0.29, 0.717) is 15.8 Å². The normalized spacial score (nSPS) is 17.9. The Hall–Kier alpha value is -1.66. The summed E-state index contributed by atoms with van der Waals surface area (Å²) < 4.78 is 0.622. The standard InChI is InChI=1S/C13H11N3OS2/c1-2-16-12(17)11(19-13(16)18)5-8-6-15-10-3-4-14-7-9(8)10/h3-7,15H,2H2,1H3/b11-5-. The lowest BCUT2D eigenvalue weighted by molar-refractivity contribution is -0.121. The van der Waals surface area contributed by atoms with Crippen molar-refractivity contribution in [3.63, 3.8) is 0 Å². The molecule has 0 unspecified atom stereocenters. The van der Waals surface area contributed by atoms with Crippen LogP contribution in [0.25, 0.3) is 17.0 Å². The summed E-state index contributed by atoms with van der Waals surface area (Å²) in [5.74, 6) is -0.0178. The van der Waals surface area contributed by atoms with Gasteiger partial charge in [0.15, 0.2) is 0 Å². The van der Waals surface area contributed by atoms with Crippen LogP contribution in [0.4, 0.5) is 0 Å². The summed E-state index contributed by atoms with van der Waals surface area (Å²) in [7, 11) is 0. The molecular formula is C13H11N3OS2. The van der Waals surface area contributed by atoms with Gasteiger partial charge in [-0.1, -0.05) is 24.0 Å². The molecule has 2 aromatic rings. The predicted octanol–water partition coefficient (Wildman–Crippen LogP) is 2.78. The minimum atomic E-state index is -0.0178. The lowest BCUT2D eigenvalue weighted by Gasteiger charge is -2.09. The van der Waals surface area contributed by atoms with E-state index in [1.807, 2.05) is 25.3 Å². The van der Waals surface area contributed by atoms with Gasteiger partial charge in [0.05, 0.1) is 4.91 Å². The van der Waals surface area contributed by atoms with Gasteiger partial charge in [-0.2, -0.15) is 0 Å². The number of nitrogens with one attached hydrogen (secondary N) is 1. The van der Waals surface area contributed by atoms with Gasteiger partial charge in [-0.05, 0) is 19.1 Å². The first kappa shape index (κ1) is 12.4. The summed E-state index contributed by atoms with van der Waals surface area (Å²) in [6.07, 6.45) is 7.28. The molecule has 6 heteroatoms. The second-order valence-electron chi connectivity index (χ2n) is 4.09. The molecule has 1 amide bonds. The quantitative estimate of drug-likeness (QED) is 0.682. The van der Waals surface area contributed by atoms with E-state index in [2.05, 4.69) is 9.97 Å². The van der Waals surface area contributed by atoms with Crippen molar-refractivity contribution in [3.05, 3.63) is 35.1 Å².